The van der Waals surface area contributed by atoms with Crippen LogP contribution in [0.25, 0.3) is 0 Å². The Bertz CT molecular complexity index is 319. The van der Waals surface area contributed by atoms with E-state index in [-0.39, 0.29) is 10.9 Å². The highest BCUT2D eigenvalue weighted by atomic mass is 127. The fourth-order valence-corrected chi connectivity index (χ4v) is 2.39. The largest absolute Gasteiger partial charge is 0.268 e. The van der Waals surface area contributed by atoms with Crippen molar-refractivity contribution in [1.82, 2.24) is 4.98 Å². The molecule has 0 aromatic carbocycles. The summed E-state index contributed by atoms with van der Waals surface area (Å²) in [6, 6.07) is 0. The molecule has 0 aliphatic rings. The standard InChI is InChI=1S/C7H4BrF3IN/c8-1-3-5(9)4(6(10)11)2-13-7(3)12/h2,6H,1H2. The van der Waals surface area contributed by atoms with E-state index in [2.05, 4.69) is 20.9 Å². The maximum Gasteiger partial charge on any atom is 0.268 e. The van der Waals surface area contributed by atoms with Gasteiger partial charge >= 0.3 is 0 Å². The van der Waals surface area contributed by atoms with Gasteiger partial charge in [0.2, 0.25) is 0 Å². The molecular formula is C7H4BrF3IN. The number of alkyl halides is 3. The van der Waals surface area contributed by atoms with E-state index in [0.29, 0.717) is 3.70 Å². The average molecular weight is 366 g/mol. The van der Waals surface area contributed by atoms with E-state index in [1.807, 2.05) is 0 Å². The molecule has 13 heavy (non-hydrogen) atoms. The molecular weight excluding hydrogens is 362 g/mol. The molecule has 0 saturated heterocycles. The second kappa shape index (κ2) is 4.59. The van der Waals surface area contributed by atoms with Crippen LogP contribution in [0.4, 0.5) is 13.2 Å². The first kappa shape index (κ1) is 11.2. The molecule has 1 nitrogen and oxygen atoms in total. The summed E-state index contributed by atoms with van der Waals surface area (Å²) < 4.78 is 38.0. The number of nitrogens with zero attached hydrogens (tertiary/aromatic N) is 1. The van der Waals surface area contributed by atoms with Crippen molar-refractivity contribution >= 4 is 38.5 Å². The third-order valence-electron chi connectivity index (χ3n) is 1.45. The summed E-state index contributed by atoms with van der Waals surface area (Å²) in [6.45, 7) is 0. The van der Waals surface area contributed by atoms with E-state index in [4.69, 9.17) is 0 Å². The Kier molecular flexibility index (Phi) is 3.96. The van der Waals surface area contributed by atoms with Crippen LogP contribution in [0.5, 0.6) is 0 Å². The van der Waals surface area contributed by atoms with Gasteiger partial charge in [0, 0.05) is 17.1 Å². The van der Waals surface area contributed by atoms with E-state index in [9.17, 15) is 13.2 Å². The molecule has 0 aliphatic carbocycles. The molecule has 0 spiro atoms. The van der Waals surface area contributed by atoms with Crippen molar-refractivity contribution in [2.45, 2.75) is 11.8 Å². The van der Waals surface area contributed by atoms with E-state index in [1.165, 1.54) is 0 Å². The van der Waals surface area contributed by atoms with Crippen molar-refractivity contribution in [2.75, 3.05) is 0 Å². The minimum Gasteiger partial charge on any atom is -0.249 e. The number of aromatic nitrogens is 1. The minimum atomic E-state index is -2.82. The second-order valence-corrected chi connectivity index (χ2v) is 3.81. The zero-order chi connectivity index (χ0) is 10.0. The predicted octanol–water partition coefficient (Wildman–Crippen LogP) is 3.66. The molecule has 1 aromatic heterocycles. The van der Waals surface area contributed by atoms with Crippen LogP contribution in [0.3, 0.4) is 0 Å². The molecule has 0 atom stereocenters. The van der Waals surface area contributed by atoms with Gasteiger partial charge in [0.1, 0.15) is 9.52 Å². The van der Waals surface area contributed by atoms with Gasteiger partial charge in [-0.2, -0.15) is 0 Å². The first-order valence-corrected chi connectivity index (χ1v) is 5.44. The molecule has 0 aliphatic heterocycles. The van der Waals surface area contributed by atoms with Crippen LogP contribution < -0.4 is 0 Å². The molecule has 72 valence electrons. The molecule has 0 saturated carbocycles. The highest BCUT2D eigenvalue weighted by Crippen LogP contribution is 2.26. The lowest BCUT2D eigenvalue weighted by molar-refractivity contribution is 0.145. The van der Waals surface area contributed by atoms with E-state index in [1.54, 1.807) is 22.6 Å². The Hall–Kier alpha value is 0.150. The van der Waals surface area contributed by atoms with Gasteiger partial charge in [-0.05, 0) is 22.6 Å². The fraction of sp³-hybridized carbons (Fsp3) is 0.286. The molecule has 0 amide bonds. The summed E-state index contributed by atoms with van der Waals surface area (Å²) in [5.41, 5.74) is -0.465. The summed E-state index contributed by atoms with van der Waals surface area (Å²) in [4.78, 5) is 3.67. The Labute approximate surface area is 95.0 Å². The predicted molar refractivity (Wildman–Crippen MR) is 54.5 cm³/mol. The summed E-state index contributed by atoms with van der Waals surface area (Å²) in [6.07, 6.45) is -1.95. The Morgan fingerprint density at radius 3 is 2.62 bits per heavy atom. The van der Waals surface area contributed by atoms with Crippen LogP contribution in [0, 0.1) is 9.52 Å². The number of pyridine rings is 1. The highest BCUT2D eigenvalue weighted by molar-refractivity contribution is 14.1. The Morgan fingerprint density at radius 1 is 1.54 bits per heavy atom. The highest BCUT2D eigenvalue weighted by Gasteiger charge is 2.18. The van der Waals surface area contributed by atoms with E-state index in [0.717, 1.165) is 6.20 Å². The molecule has 0 unspecified atom stereocenters. The number of halogens is 5. The van der Waals surface area contributed by atoms with Crippen LogP contribution >= 0.6 is 38.5 Å². The van der Waals surface area contributed by atoms with Crippen molar-refractivity contribution in [3.63, 3.8) is 0 Å². The van der Waals surface area contributed by atoms with E-state index < -0.39 is 17.8 Å². The van der Waals surface area contributed by atoms with Crippen LogP contribution in [0.2, 0.25) is 0 Å². The number of hydrogen-bond acceptors (Lipinski definition) is 1. The second-order valence-electron chi connectivity index (χ2n) is 2.23. The smallest absolute Gasteiger partial charge is 0.249 e. The lowest BCUT2D eigenvalue weighted by atomic mass is 10.2. The molecule has 6 heteroatoms. The van der Waals surface area contributed by atoms with Gasteiger partial charge in [0.15, 0.2) is 0 Å². The van der Waals surface area contributed by atoms with Crippen LogP contribution in [0.15, 0.2) is 6.20 Å². The van der Waals surface area contributed by atoms with Gasteiger partial charge in [0.25, 0.3) is 6.43 Å². The van der Waals surface area contributed by atoms with Gasteiger partial charge in [-0.15, -0.1) is 0 Å². The first-order valence-electron chi connectivity index (χ1n) is 3.24. The monoisotopic (exact) mass is 365 g/mol. The van der Waals surface area contributed by atoms with Crippen molar-refractivity contribution in [3.8, 4) is 0 Å². The number of hydrogen-bond donors (Lipinski definition) is 0. The maximum absolute atomic E-state index is 13.2. The average Bonchev–Trinajstić information content (AvgIpc) is 2.04. The van der Waals surface area contributed by atoms with Crippen LogP contribution in [-0.2, 0) is 5.33 Å². The first-order chi connectivity index (χ1) is 6.07. The van der Waals surface area contributed by atoms with E-state index >= 15 is 0 Å². The van der Waals surface area contributed by atoms with Crippen LogP contribution in [0.1, 0.15) is 17.6 Å². The van der Waals surface area contributed by atoms with Crippen molar-refractivity contribution in [3.05, 3.63) is 26.8 Å². The zero-order valence-electron chi connectivity index (χ0n) is 6.20. The normalized spacial score (nSPS) is 10.9. The number of rotatable bonds is 2. The quantitative estimate of drug-likeness (QED) is 0.443. The molecule has 0 radical (unpaired) electrons. The Morgan fingerprint density at radius 2 is 2.15 bits per heavy atom. The fourth-order valence-electron chi connectivity index (χ4n) is 0.792. The van der Waals surface area contributed by atoms with Gasteiger partial charge in [-0.3, -0.25) is 0 Å². The third-order valence-corrected chi connectivity index (χ3v) is 2.94. The third kappa shape index (κ3) is 2.34. The van der Waals surface area contributed by atoms with Crippen LogP contribution in [-0.4, -0.2) is 4.98 Å². The topological polar surface area (TPSA) is 12.9 Å². The molecule has 1 rings (SSSR count). The summed E-state index contributed by atoms with van der Waals surface area (Å²) in [5, 5.41) is 0.185. The molecule has 0 fully saturated rings. The van der Waals surface area contributed by atoms with Gasteiger partial charge < -0.3 is 0 Å². The molecule has 1 heterocycles. The molecule has 0 bridgehead atoms. The van der Waals surface area contributed by atoms with Gasteiger partial charge in [-0.25, -0.2) is 18.2 Å². The van der Waals surface area contributed by atoms with Gasteiger partial charge in [-0.1, -0.05) is 15.9 Å². The lowest BCUT2D eigenvalue weighted by Gasteiger charge is -2.06. The summed E-state index contributed by atoms with van der Waals surface area (Å²) in [7, 11) is 0. The summed E-state index contributed by atoms with van der Waals surface area (Å²) >= 11 is 4.81. The van der Waals surface area contributed by atoms with Crippen molar-refractivity contribution < 1.29 is 13.2 Å². The molecule has 0 N–H and O–H groups in total. The zero-order valence-corrected chi connectivity index (χ0v) is 9.94. The minimum absolute atomic E-state index is 0.179. The maximum atomic E-state index is 13.2. The SMILES string of the molecule is Fc1c(C(F)F)cnc(I)c1CBr. The molecule has 1 aromatic rings. The van der Waals surface area contributed by atoms with Gasteiger partial charge in [0.05, 0.1) is 5.56 Å². The summed E-state index contributed by atoms with van der Waals surface area (Å²) in [5.74, 6) is -0.869. The Balaban J connectivity index is 3.27. The van der Waals surface area contributed by atoms with Crippen molar-refractivity contribution in [2.24, 2.45) is 0 Å². The van der Waals surface area contributed by atoms with Crippen molar-refractivity contribution in [1.29, 1.82) is 0 Å². The lowest BCUT2D eigenvalue weighted by Crippen LogP contribution is -2.01.